The van der Waals surface area contributed by atoms with Gasteiger partial charge in [-0.2, -0.15) is 0 Å². The van der Waals surface area contributed by atoms with E-state index in [4.69, 9.17) is 27.6 Å². The first-order valence-corrected chi connectivity index (χ1v) is 8.80. The van der Waals surface area contributed by atoms with Crippen LogP contribution in [-0.2, 0) is 4.43 Å². The summed E-state index contributed by atoms with van der Waals surface area (Å²) < 4.78 is 5.76. The van der Waals surface area contributed by atoms with Crippen molar-refractivity contribution in [2.24, 2.45) is 0 Å². The van der Waals surface area contributed by atoms with E-state index in [1.54, 1.807) is 18.2 Å². The van der Waals surface area contributed by atoms with E-state index in [2.05, 4.69) is 26.2 Å². The van der Waals surface area contributed by atoms with Crippen LogP contribution in [0.4, 0.5) is 0 Å². The van der Waals surface area contributed by atoms with Crippen molar-refractivity contribution in [3.05, 3.63) is 40.4 Å². The molecular weight excluding hydrogens is 247 g/mol. The predicted molar refractivity (Wildman–Crippen MR) is 69.9 cm³/mol. The largest absolute Gasteiger partial charge is 0.544 e. The zero-order valence-corrected chi connectivity index (χ0v) is 11.6. The second kappa shape index (κ2) is 4.60. The van der Waals surface area contributed by atoms with Crippen molar-refractivity contribution in [3.63, 3.8) is 0 Å². The molecule has 0 atom stereocenters. The standard InChI is InChI=1S/C11H14Cl2OSi/c1-8(14-15(2,3)4)11-9(12)6-5-7-10(11)13/h5-7H,1H2,2-4H3. The fourth-order valence-electron chi connectivity index (χ4n) is 1.18. The molecule has 0 radical (unpaired) electrons. The Labute approximate surface area is 102 Å². The van der Waals surface area contributed by atoms with Gasteiger partial charge in [0.15, 0.2) is 0 Å². The third-order valence-electron chi connectivity index (χ3n) is 1.67. The monoisotopic (exact) mass is 260 g/mol. The molecule has 1 nitrogen and oxygen atoms in total. The molecule has 0 aliphatic carbocycles. The number of rotatable bonds is 3. The molecule has 4 heteroatoms. The molecule has 1 aromatic carbocycles. The lowest BCUT2D eigenvalue weighted by Gasteiger charge is -2.22. The van der Waals surface area contributed by atoms with Crippen LogP contribution in [0.1, 0.15) is 5.56 Å². The second-order valence-corrected chi connectivity index (χ2v) is 9.48. The molecule has 0 saturated heterocycles. The zero-order chi connectivity index (χ0) is 11.6. The average molecular weight is 261 g/mol. The van der Waals surface area contributed by atoms with Gasteiger partial charge in [0.05, 0.1) is 15.6 Å². The maximum absolute atomic E-state index is 6.04. The van der Waals surface area contributed by atoms with Gasteiger partial charge in [0, 0.05) is 0 Å². The highest BCUT2D eigenvalue weighted by Gasteiger charge is 2.20. The molecule has 0 aliphatic heterocycles. The van der Waals surface area contributed by atoms with Gasteiger partial charge >= 0.3 is 0 Å². The third-order valence-corrected chi connectivity index (χ3v) is 3.16. The Bertz CT molecular complexity index is 362. The fraction of sp³-hybridized carbons (Fsp3) is 0.273. The number of hydrogen-bond acceptors (Lipinski definition) is 1. The summed E-state index contributed by atoms with van der Waals surface area (Å²) in [5.74, 6) is 0.560. The summed E-state index contributed by atoms with van der Waals surface area (Å²) >= 11 is 12.1. The van der Waals surface area contributed by atoms with Crippen molar-refractivity contribution >= 4 is 37.3 Å². The SMILES string of the molecule is C=C(O[Si](C)(C)C)c1c(Cl)cccc1Cl. The summed E-state index contributed by atoms with van der Waals surface area (Å²) in [6.45, 7) is 10.1. The van der Waals surface area contributed by atoms with E-state index in [0.29, 0.717) is 21.4 Å². The van der Waals surface area contributed by atoms with Crippen LogP contribution in [0.25, 0.3) is 5.76 Å². The summed E-state index contributed by atoms with van der Waals surface area (Å²) in [4.78, 5) is 0. The fourth-order valence-corrected chi connectivity index (χ4v) is 2.63. The van der Waals surface area contributed by atoms with Crippen molar-refractivity contribution in [1.29, 1.82) is 0 Å². The molecule has 15 heavy (non-hydrogen) atoms. The zero-order valence-electron chi connectivity index (χ0n) is 9.10. The molecule has 0 N–H and O–H groups in total. The molecule has 0 bridgehead atoms. The van der Waals surface area contributed by atoms with Gasteiger partial charge in [-0.15, -0.1) is 0 Å². The van der Waals surface area contributed by atoms with Gasteiger partial charge in [-0.3, -0.25) is 0 Å². The molecule has 0 spiro atoms. The third kappa shape index (κ3) is 3.56. The van der Waals surface area contributed by atoms with Gasteiger partial charge in [0.25, 0.3) is 0 Å². The Morgan fingerprint density at radius 2 is 1.67 bits per heavy atom. The van der Waals surface area contributed by atoms with E-state index >= 15 is 0 Å². The summed E-state index contributed by atoms with van der Waals surface area (Å²) in [5, 5.41) is 1.15. The smallest absolute Gasteiger partial charge is 0.242 e. The molecule has 82 valence electrons. The van der Waals surface area contributed by atoms with E-state index < -0.39 is 8.32 Å². The summed E-state index contributed by atoms with van der Waals surface area (Å²) in [6.07, 6.45) is 0. The highest BCUT2D eigenvalue weighted by Crippen LogP contribution is 2.32. The van der Waals surface area contributed by atoms with Crippen molar-refractivity contribution in [3.8, 4) is 0 Å². The van der Waals surface area contributed by atoms with E-state index in [0.717, 1.165) is 0 Å². The van der Waals surface area contributed by atoms with Crippen LogP contribution >= 0.6 is 23.2 Å². The molecule has 0 fully saturated rings. The van der Waals surface area contributed by atoms with Gasteiger partial charge in [-0.1, -0.05) is 35.8 Å². The molecule has 1 aromatic rings. The van der Waals surface area contributed by atoms with Gasteiger partial charge in [-0.05, 0) is 31.8 Å². The molecule has 0 amide bonds. The van der Waals surface area contributed by atoms with E-state index in [-0.39, 0.29) is 0 Å². The van der Waals surface area contributed by atoms with Gasteiger partial charge < -0.3 is 4.43 Å². The lowest BCUT2D eigenvalue weighted by atomic mass is 10.2. The quantitative estimate of drug-likeness (QED) is 0.560. The summed E-state index contributed by atoms with van der Waals surface area (Å²) in [6, 6.07) is 5.36. The molecule has 0 unspecified atom stereocenters. The predicted octanol–water partition coefficient (Wildman–Crippen LogP) is 4.82. The van der Waals surface area contributed by atoms with Crippen LogP contribution in [0.15, 0.2) is 24.8 Å². The minimum absolute atomic E-state index is 0.560. The van der Waals surface area contributed by atoms with Crippen LogP contribution in [0.2, 0.25) is 29.7 Å². The number of halogens is 2. The maximum atomic E-state index is 6.04. The van der Waals surface area contributed by atoms with Crippen LogP contribution in [-0.4, -0.2) is 8.32 Å². The van der Waals surface area contributed by atoms with Crippen molar-refractivity contribution < 1.29 is 4.43 Å². The minimum atomic E-state index is -1.67. The minimum Gasteiger partial charge on any atom is -0.544 e. The maximum Gasteiger partial charge on any atom is 0.242 e. The van der Waals surface area contributed by atoms with Crippen LogP contribution in [0.3, 0.4) is 0 Å². The Balaban J connectivity index is 3.02. The Morgan fingerprint density at radius 1 is 1.20 bits per heavy atom. The van der Waals surface area contributed by atoms with Crippen molar-refractivity contribution in [2.75, 3.05) is 0 Å². The Morgan fingerprint density at radius 3 is 2.07 bits per heavy atom. The van der Waals surface area contributed by atoms with E-state index in [1.807, 2.05) is 0 Å². The summed E-state index contributed by atoms with van der Waals surface area (Å²) in [7, 11) is -1.67. The van der Waals surface area contributed by atoms with Gasteiger partial charge in [0.2, 0.25) is 8.32 Å². The normalized spacial score (nSPS) is 11.3. The lowest BCUT2D eigenvalue weighted by molar-refractivity contribution is 0.516. The first-order valence-electron chi connectivity index (χ1n) is 4.63. The molecule has 0 saturated carbocycles. The van der Waals surface area contributed by atoms with Crippen molar-refractivity contribution in [2.45, 2.75) is 19.6 Å². The highest BCUT2D eigenvalue weighted by molar-refractivity contribution is 6.70. The van der Waals surface area contributed by atoms with E-state index in [9.17, 15) is 0 Å². The molecule has 1 rings (SSSR count). The number of hydrogen-bond donors (Lipinski definition) is 0. The van der Waals surface area contributed by atoms with Crippen LogP contribution in [0.5, 0.6) is 0 Å². The van der Waals surface area contributed by atoms with Crippen molar-refractivity contribution in [1.82, 2.24) is 0 Å². The molecule has 0 aromatic heterocycles. The Kier molecular flexibility index (Phi) is 3.87. The number of benzene rings is 1. The van der Waals surface area contributed by atoms with Crippen LogP contribution < -0.4 is 0 Å². The molecule has 0 aliphatic rings. The topological polar surface area (TPSA) is 9.23 Å². The highest BCUT2D eigenvalue weighted by atomic mass is 35.5. The van der Waals surface area contributed by atoms with Crippen LogP contribution in [0, 0.1) is 0 Å². The first-order chi connectivity index (χ1) is 6.81. The second-order valence-electron chi connectivity index (χ2n) is 4.23. The van der Waals surface area contributed by atoms with Gasteiger partial charge in [-0.25, -0.2) is 0 Å². The summed E-state index contributed by atoms with van der Waals surface area (Å²) in [5.41, 5.74) is 0.697. The molecular formula is C11H14Cl2OSi. The molecule has 0 heterocycles. The lowest BCUT2D eigenvalue weighted by Crippen LogP contribution is -2.24. The van der Waals surface area contributed by atoms with E-state index in [1.165, 1.54) is 0 Å². The Hall–Kier alpha value is -0.443. The first kappa shape index (κ1) is 12.6. The van der Waals surface area contributed by atoms with Gasteiger partial charge in [0.1, 0.15) is 5.76 Å². The average Bonchev–Trinajstić information content (AvgIpc) is 1.99.